The third kappa shape index (κ3) is 13.0. The summed E-state index contributed by atoms with van der Waals surface area (Å²) in [6, 6.07) is 31.6. The number of carbonyl (C=O) groups excluding carboxylic acids is 6. The molecule has 4 aliphatic heterocycles. The van der Waals surface area contributed by atoms with E-state index in [0.29, 0.717) is 62.4 Å². The van der Waals surface area contributed by atoms with Crippen LogP contribution in [0, 0.1) is 11.8 Å². The zero-order valence-electron chi connectivity index (χ0n) is 39.3. The molecule has 354 valence electrons. The molecule has 67 heavy (non-hydrogen) atoms. The molecule has 2 N–H and O–H groups in total. The summed E-state index contributed by atoms with van der Waals surface area (Å²) in [5, 5.41) is 6.02. The zero-order chi connectivity index (χ0) is 47.5. The molecule has 0 saturated carbocycles. The van der Waals surface area contributed by atoms with Gasteiger partial charge in [0.15, 0.2) is 0 Å². The Kier molecular flexibility index (Phi) is 16.0. The van der Waals surface area contributed by atoms with E-state index < -0.39 is 35.2 Å². The molecular weight excluding hydrogens is 849 g/mol. The number of piperidine rings is 2. The molecule has 14 nitrogen and oxygen atoms in total. The largest absolute Gasteiger partial charge is 0.465 e. The van der Waals surface area contributed by atoms with Crippen molar-refractivity contribution >= 4 is 58.4 Å². The van der Waals surface area contributed by atoms with Crippen LogP contribution < -0.4 is 20.4 Å². The van der Waals surface area contributed by atoms with E-state index in [1.165, 1.54) is 16.0 Å². The van der Waals surface area contributed by atoms with E-state index in [1.54, 1.807) is 39.8 Å². The molecule has 4 aromatic carbocycles. The Hall–Kier alpha value is -6.70. The van der Waals surface area contributed by atoms with Crippen LogP contribution in [0.25, 0.3) is 0 Å². The maximum atomic E-state index is 13.3. The maximum Gasteiger partial charge on any atom is 0.414 e. The van der Waals surface area contributed by atoms with Crippen molar-refractivity contribution in [3.05, 3.63) is 119 Å². The summed E-state index contributed by atoms with van der Waals surface area (Å²) >= 11 is 0. The molecule has 4 aromatic rings. The van der Waals surface area contributed by atoms with Crippen LogP contribution in [0.5, 0.6) is 0 Å². The Morgan fingerprint density at radius 3 is 1.88 bits per heavy atom. The van der Waals surface area contributed by atoms with Gasteiger partial charge in [-0.3, -0.25) is 33.8 Å². The van der Waals surface area contributed by atoms with Crippen molar-refractivity contribution < 1.29 is 38.2 Å². The molecule has 8 rings (SSSR count). The first kappa shape index (κ1) is 48.2. The van der Waals surface area contributed by atoms with Crippen molar-refractivity contribution in [3.63, 3.8) is 0 Å². The fourth-order valence-corrected chi connectivity index (χ4v) is 9.22. The molecule has 0 bridgehead atoms. The number of esters is 1. The summed E-state index contributed by atoms with van der Waals surface area (Å²) < 4.78 is 10.5. The van der Waals surface area contributed by atoms with Gasteiger partial charge in [-0.15, -0.1) is 0 Å². The van der Waals surface area contributed by atoms with Gasteiger partial charge in [-0.05, 0) is 150 Å². The Bertz CT molecular complexity index is 2390. The third-order valence-electron chi connectivity index (χ3n) is 12.7. The Morgan fingerprint density at radius 2 is 1.30 bits per heavy atom. The lowest BCUT2D eigenvalue weighted by Crippen LogP contribution is -2.49. The second-order valence-electron chi connectivity index (χ2n) is 18.7. The summed E-state index contributed by atoms with van der Waals surface area (Å²) in [6.07, 6.45) is 6.62. The van der Waals surface area contributed by atoms with Crippen LogP contribution in [0.1, 0.15) is 75.6 Å². The molecule has 0 aromatic heterocycles. The number of hydrogen-bond donors (Lipinski definition) is 2. The van der Waals surface area contributed by atoms with Crippen molar-refractivity contribution in [1.29, 1.82) is 0 Å². The molecule has 2 saturated heterocycles. The molecular formula is C53H64N6O8. The summed E-state index contributed by atoms with van der Waals surface area (Å²) in [4.78, 5) is 82.6. The van der Waals surface area contributed by atoms with E-state index in [1.807, 2.05) is 75.4 Å². The van der Waals surface area contributed by atoms with Crippen LogP contribution in [-0.2, 0) is 59.1 Å². The Balaban J connectivity index is 0.000000199. The number of hydrogen-bond acceptors (Lipinski definition) is 9. The second-order valence-corrected chi connectivity index (χ2v) is 18.7. The minimum Gasteiger partial charge on any atom is -0.465 e. The van der Waals surface area contributed by atoms with Gasteiger partial charge in [0.2, 0.25) is 0 Å². The van der Waals surface area contributed by atoms with Gasteiger partial charge in [0, 0.05) is 56.3 Å². The normalized spacial score (nSPS) is 15.9. The number of anilines is 4. The highest BCUT2D eigenvalue weighted by Gasteiger charge is 2.34. The lowest BCUT2D eigenvalue weighted by atomic mass is 9.90. The molecule has 0 radical (unpaired) electrons. The minimum absolute atomic E-state index is 0.220. The van der Waals surface area contributed by atoms with Crippen LogP contribution in [0.3, 0.4) is 0 Å². The molecule has 0 unspecified atom stereocenters. The maximum absolute atomic E-state index is 13.3. The van der Waals surface area contributed by atoms with E-state index in [9.17, 15) is 28.8 Å². The molecule has 14 heteroatoms. The minimum atomic E-state index is -0.685. The van der Waals surface area contributed by atoms with Crippen molar-refractivity contribution in [2.45, 2.75) is 84.7 Å². The number of carbonyl (C=O) groups is 6. The quantitative estimate of drug-likeness (QED) is 0.129. The van der Waals surface area contributed by atoms with E-state index >= 15 is 0 Å². The monoisotopic (exact) mass is 912 g/mol. The summed E-state index contributed by atoms with van der Waals surface area (Å²) in [5.74, 6) is -1.87. The number of fused-ring (bicyclic) bond motifs is 2. The van der Waals surface area contributed by atoms with Gasteiger partial charge in [0.25, 0.3) is 0 Å². The van der Waals surface area contributed by atoms with Gasteiger partial charge < -0.3 is 29.9 Å². The van der Waals surface area contributed by atoms with Crippen LogP contribution in [0.4, 0.5) is 27.5 Å². The highest BCUT2D eigenvalue weighted by molar-refractivity contribution is 6.41. The van der Waals surface area contributed by atoms with E-state index in [-0.39, 0.29) is 19.2 Å². The number of nitrogens with one attached hydrogen (secondary N) is 2. The molecule has 0 atom stereocenters. The fourth-order valence-electron chi connectivity index (χ4n) is 9.22. The lowest BCUT2D eigenvalue weighted by Gasteiger charge is -2.33. The van der Waals surface area contributed by atoms with Crippen LogP contribution in [0.2, 0.25) is 0 Å². The molecule has 0 aliphatic carbocycles. The number of ether oxygens (including phenoxy) is 2. The third-order valence-corrected chi connectivity index (χ3v) is 12.7. The first-order valence-electron chi connectivity index (χ1n) is 23.7. The zero-order valence-corrected chi connectivity index (χ0v) is 39.3. The number of benzene rings is 4. The van der Waals surface area contributed by atoms with Crippen LogP contribution in [-0.4, -0.2) is 104 Å². The SMILES string of the molecule is CC(C)(C)OC(=O)N1CCc2cc(NC(=O)C(=O)N3CCC(Cc4ccccc4)CC3)ccc21.CCOC(=O)CN(C(=O)C(=O)N1CCC(Cc2ccccc2)CC1)c1ccc2c(c1)CCN2. The first-order chi connectivity index (χ1) is 32.2. The van der Waals surface area contributed by atoms with Gasteiger partial charge in [-0.2, -0.15) is 0 Å². The molecule has 2 fully saturated rings. The molecule has 4 aliphatic rings. The fraction of sp³-hybridized carbons (Fsp3) is 0.434. The Morgan fingerprint density at radius 1 is 0.701 bits per heavy atom. The van der Waals surface area contributed by atoms with Crippen LogP contribution in [0.15, 0.2) is 97.1 Å². The standard InChI is InChI=1S/C27H33N3O4.C26H31N3O4/c1-27(2,3)34-26(33)30-16-13-21-18-22(9-10-23(21)30)28-24(31)25(32)29-14-11-20(12-15-29)17-19-7-5-4-6-8-19;1-2-33-24(30)18-29(22-8-9-23-21(17-22)10-13-27-23)26(32)25(31)28-14-11-20(12-15-28)16-19-6-4-3-5-7-19/h4-10,18,20H,11-17H2,1-3H3,(H,28,31);3-9,17,20,27H,2,10-16,18H2,1H3. The van der Waals surface area contributed by atoms with Gasteiger partial charge >= 0.3 is 35.7 Å². The van der Waals surface area contributed by atoms with Gasteiger partial charge in [0.1, 0.15) is 12.1 Å². The number of likely N-dealkylation sites (tertiary alicyclic amines) is 2. The number of rotatable bonds is 9. The highest BCUT2D eigenvalue weighted by atomic mass is 16.6. The summed E-state index contributed by atoms with van der Waals surface area (Å²) in [5.41, 5.74) is 6.96. The highest BCUT2D eigenvalue weighted by Crippen LogP contribution is 2.33. The molecule has 5 amide bonds. The van der Waals surface area contributed by atoms with Gasteiger partial charge in [-0.25, -0.2) is 4.79 Å². The number of amides is 5. The van der Waals surface area contributed by atoms with Gasteiger partial charge in [0.05, 0.1) is 12.3 Å². The van der Waals surface area contributed by atoms with E-state index in [0.717, 1.165) is 74.0 Å². The summed E-state index contributed by atoms with van der Waals surface area (Å²) in [7, 11) is 0. The smallest absolute Gasteiger partial charge is 0.414 e. The lowest BCUT2D eigenvalue weighted by molar-refractivity contribution is -0.147. The predicted molar refractivity (Wildman–Crippen MR) is 259 cm³/mol. The van der Waals surface area contributed by atoms with Crippen molar-refractivity contribution in [3.8, 4) is 0 Å². The van der Waals surface area contributed by atoms with Gasteiger partial charge in [-0.1, -0.05) is 60.7 Å². The topological polar surface area (TPSA) is 158 Å². The summed E-state index contributed by atoms with van der Waals surface area (Å²) in [6.45, 7) is 10.8. The second kappa shape index (κ2) is 22.2. The molecule has 4 heterocycles. The molecule has 0 spiro atoms. The Labute approximate surface area is 394 Å². The predicted octanol–water partition coefficient (Wildman–Crippen LogP) is 7.44. The average molecular weight is 913 g/mol. The number of nitrogens with zero attached hydrogens (tertiary/aromatic N) is 4. The van der Waals surface area contributed by atoms with E-state index in [2.05, 4.69) is 34.9 Å². The van der Waals surface area contributed by atoms with Crippen LogP contribution >= 0.6 is 0 Å². The first-order valence-corrected chi connectivity index (χ1v) is 23.7. The van der Waals surface area contributed by atoms with Crippen molar-refractivity contribution in [2.75, 3.05) is 72.9 Å². The average Bonchev–Trinajstić information content (AvgIpc) is 3.98. The van der Waals surface area contributed by atoms with E-state index in [4.69, 9.17) is 9.47 Å². The van der Waals surface area contributed by atoms with Crippen molar-refractivity contribution in [1.82, 2.24) is 9.80 Å². The van der Waals surface area contributed by atoms with Crippen molar-refractivity contribution in [2.24, 2.45) is 11.8 Å².